The molecule has 0 saturated heterocycles. The minimum absolute atomic E-state index is 0.288. The van der Waals surface area contributed by atoms with Crippen molar-refractivity contribution in [2.24, 2.45) is 0 Å². The van der Waals surface area contributed by atoms with Gasteiger partial charge in [0, 0.05) is 0 Å². The van der Waals surface area contributed by atoms with Gasteiger partial charge >= 0.3 is 7.82 Å². The fourth-order valence-corrected chi connectivity index (χ4v) is 3.75. The van der Waals surface area contributed by atoms with Crippen molar-refractivity contribution >= 4 is 7.82 Å². The Bertz CT molecular complexity index is 304. The molecule has 0 amide bonds. The van der Waals surface area contributed by atoms with Crippen molar-refractivity contribution in [3.05, 3.63) is 0 Å². The number of hydrogen-bond donors (Lipinski definition) is 2. The van der Waals surface area contributed by atoms with Crippen molar-refractivity contribution in [3.8, 4) is 0 Å². The molecule has 0 fully saturated rings. The third kappa shape index (κ3) is 18.4. The SMILES string of the molecule is CCCCCCCCCCCCCCCC(CCC)OP(=O)(O)O. The summed E-state index contributed by atoms with van der Waals surface area (Å²) >= 11 is 0. The fraction of sp³-hybridized carbons (Fsp3) is 1.00. The molecule has 0 radical (unpaired) electrons. The first kappa shape index (κ1) is 24.1. The minimum Gasteiger partial charge on any atom is -0.303 e. The largest absolute Gasteiger partial charge is 0.469 e. The molecule has 0 aromatic rings. The standard InChI is InChI=1S/C19H41O4P/c1-3-5-6-7-8-9-10-11-12-13-14-15-16-18-19(17-4-2)23-24(20,21)22/h19H,3-18H2,1-2H3,(H2,20,21,22). The first-order valence-corrected chi connectivity index (χ1v) is 11.8. The van der Waals surface area contributed by atoms with Crippen LogP contribution in [0.3, 0.4) is 0 Å². The van der Waals surface area contributed by atoms with Crippen molar-refractivity contribution < 1.29 is 18.9 Å². The Morgan fingerprint density at radius 2 is 1.08 bits per heavy atom. The lowest BCUT2D eigenvalue weighted by molar-refractivity contribution is 0.117. The molecule has 0 bridgehead atoms. The Hall–Kier alpha value is 0.110. The molecule has 146 valence electrons. The summed E-state index contributed by atoms with van der Waals surface area (Å²) in [7, 11) is -4.34. The Morgan fingerprint density at radius 3 is 1.46 bits per heavy atom. The van der Waals surface area contributed by atoms with Crippen LogP contribution in [0, 0.1) is 0 Å². The van der Waals surface area contributed by atoms with Gasteiger partial charge in [0.25, 0.3) is 0 Å². The Kier molecular flexibility index (Phi) is 16.6. The number of phosphoric acid groups is 1. The fourth-order valence-electron chi connectivity index (χ4n) is 3.16. The molecule has 0 aliphatic carbocycles. The Morgan fingerprint density at radius 1 is 0.667 bits per heavy atom. The van der Waals surface area contributed by atoms with E-state index in [1.807, 2.05) is 6.92 Å². The van der Waals surface area contributed by atoms with Gasteiger partial charge in [0.15, 0.2) is 0 Å². The molecule has 0 rings (SSSR count). The quantitative estimate of drug-likeness (QED) is 0.209. The second-order valence-electron chi connectivity index (χ2n) is 7.04. The van der Waals surface area contributed by atoms with E-state index in [9.17, 15) is 4.57 Å². The molecule has 4 nitrogen and oxygen atoms in total. The van der Waals surface area contributed by atoms with E-state index in [4.69, 9.17) is 14.3 Å². The first-order valence-electron chi connectivity index (χ1n) is 10.2. The van der Waals surface area contributed by atoms with Crippen LogP contribution < -0.4 is 0 Å². The summed E-state index contributed by atoms with van der Waals surface area (Å²) in [5.74, 6) is 0. The molecule has 0 spiro atoms. The van der Waals surface area contributed by atoms with E-state index in [1.54, 1.807) is 0 Å². The number of unbranched alkanes of at least 4 members (excludes halogenated alkanes) is 12. The molecule has 1 unspecified atom stereocenters. The third-order valence-electron chi connectivity index (χ3n) is 4.53. The Labute approximate surface area is 150 Å². The van der Waals surface area contributed by atoms with Gasteiger partial charge in [-0.1, -0.05) is 104 Å². The van der Waals surface area contributed by atoms with E-state index in [1.165, 1.54) is 70.6 Å². The van der Waals surface area contributed by atoms with Crippen LogP contribution in [0.25, 0.3) is 0 Å². The van der Waals surface area contributed by atoms with Gasteiger partial charge in [0.2, 0.25) is 0 Å². The molecule has 0 aliphatic heterocycles. The highest BCUT2D eigenvalue weighted by Crippen LogP contribution is 2.39. The average molecular weight is 365 g/mol. The smallest absolute Gasteiger partial charge is 0.303 e. The molecule has 0 aromatic heterocycles. The van der Waals surface area contributed by atoms with E-state index >= 15 is 0 Å². The summed E-state index contributed by atoms with van der Waals surface area (Å²) in [6, 6.07) is 0. The highest BCUT2D eigenvalue weighted by Gasteiger charge is 2.21. The van der Waals surface area contributed by atoms with Crippen LogP contribution in [0.5, 0.6) is 0 Å². The molecular weight excluding hydrogens is 323 g/mol. The maximum atomic E-state index is 10.9. The van der Waals surface area contributed by atoms with Gasteiger partial charge in [-0.25, -0.2) is 4.57 Å². The number of phosphoric ester groups is 1. The lowest BCUT2D eigenvalue weighted by Crippen LogP contribution is -2.11. The van der Waals surface area contributed by atoms with E-state index in [2.05, 4.69) is 6.92 Å². The molecule has 2 N–H and O–H groups in total. The normalized spacial score (nSPS) is 13.3. The van der Waals surface area contributed by atoms with E-state index in [0.29, 0.717) is 0 Å². The summed E-state index contributed by atoms with van der Waals surface area (Å²) in [5.41, 5.74) is 0. The van der Waals surface area contributed by atoms with Gasteiger partial charge in [-0.3, -0.25) is 4.52 Å². The van der Waals surface area contributed by atoms with Gasteiger partial charge in [-0.05, 0) is 12.8 Å². The second-order valence-corrected chi connectivity index (χ2v) is 8.23. The van der Waals surface area contributed by atoms with Crippen LogP contribution in [0.1, 0.15) is 117 Å². The second kappa shape index (κ2) is 16.6. The van der Waals surface area contributed by atoms with Crippen molar-refractivity contribution in [1.82, 2.24) is 0 Å². The topological polar surface area (TPSA) is 66.8 Å². The highest BCUT2D eigenvalue weighted by atomic mass is 31.2. The molecule has 0 heterocycles. The van der Waals surface area contributed by atoms with Crippen LogP contribution in [0.2, 0.25) is 0 Å². The molecule has 5 heteroatoms. The number of rotatable bonds is 18. The van der Waals surface area contributed by atoms with Crippen LogP contribution in [0.15, 0.2) is 0 Å². The van der Waals surface area contributed by atoms with Gasteiger partial charge in [0.05, 0.1) is 6.10 Å². The molecule has 0 aliphatic rings. The third-order valence-corrected chi connectivity index (χ3v) is 5.10. The summed E-state index contributed by atoms with van der Waals surface area (Å²) < 4.78 is 15.8. The predicted octanol–water partition coefficient (Wildman–Crippen LogP) is 6.75. The monoisotopic (exact) mass is 364 g/mol. The molecule has 0 saturated carbocycles. The maximum absolute atomic E-state index is 10.9. The minimum atomic E-state index is -4.34. The summed E-state index contributed by atoms with van der Waals surface area (Å²) in [6.07, 6.45) is 19.1. The van der Waals surface area contributed by atoms with Gasteiger partial charge in [-0.2, -0.15) is 0 Å². The zero-order chi connectivity index (χ0) is 18.1. The van der Waals surface area contributed by atoms with E-state index in [-0.39, 0.29) is 6.10 Å². The van der Waals surface area contributed by atoms with Crippen molar-refractivity contribution in [3.63, 3.8) is 0 Å². The van der Waals surface area contributed by atoms with E-state index in [0.717, 1.165) is 32.1 Å². The van der Waals surface area contributed by atoms with Crippen molar-refractivity contribution in [2.75, 3.05) is 0 Å². The number of hydrogen-bond acceptors (Lipinski definition) is 2. The molecule has 24 heavy (non-hydrogen) atoms. The van der Waals surface area contributed by atoms with Crippen LogP contribution in [-0.2, 0) is 9.09 Å². The summed E-state index contributed by atoms with van der Waals surface area (Å²) in [5, 5.41) is 0. The van der Waals surface area contributed by atoms with E-state index < -0.39 is 7.82 Å². The predicted molar refractivity (Wildman–Crippen MR) is 102 cm³/mol. The molecule has 1 atom stereocenters. The van der Waals surface area contributed by atoms with Crippen LogP contribution >= 0.6 is 7.82 Å². The molecule has 0 aromatic carbocycles. The lowest BCUT2D eigenvalue weighted by Gasteiger charge is -2.17. The van der Waals surface area contributed by atoms with Crippen molar-refractivity contribution in [1.29, 1.82) is 0 Å². The summed E-state index contributed by atoms with van der Waals surface area (Å²) in [6.45, 7) is 4.27. The highest BCUT2D eigenvalue weighted by molar-refractivity contribution is 7.46. The van der Waals surface area contributed by atoms with Crippen molar-refractivity contribution in [2.45, 2.75) is 123 Å². The zero-order valence-corrected chi connectivity index (χ0v) is 16.9. The Balaban J connectivity index is 3.38. The van der Waals surface area contributed by atoms with Gasteiger partial charge in [0.1, 0.15) is 0 Å². The van der Waals surface area contributed by atoms with Gasteiger partial charge < -0.3 is 9.79 Å². The van der Waals surface area contributed by atoms with Gasteiger partial charge in [-0.15, -0.1) is 0 Å². The first-order chi connectivity index (χ1) is 11.5. The maximum Gasteiger partial charge on any atom is 0.469 e. The average Bonchev–Trinajstić information content (AvgIpc) is 2.50. The summed E-state index contributed by atoms with van der Waals surface area (Å²) in [4.78, 5) is 17.8. The molecular formula is C19H41O4P. The lowest BCUT2D eigenvalue weighted by atomic mass is 10.0. The van der Waals surface area contributed by atoms with Crippen LogP contribution in [-0.4, -0.2) is 15.9 Å². The van der Waals surface area contributed by atoms with Crippen LogP contribution in [0.4, 0.5) is 0 Å². The zero-order valence-electron chi connectivity index (χ0n) is 16.0.